The predicted octanol–water partition coefficient (Wildman–Crippen LogP) is -0.226. The van der Waals surface area contributed by atoms with Gasteiger partial charge in [0.25, 0.3) is 0 Å². The van der Waals surface area contributed by atoms with Crippen LogP contribution in [-0.4, -0.2) is 44.2 Å². The van der Waals surface area contributed by atoms with Crippen LogP contribution in [0.3, 0.4) is 0 Å². The van der Waals surface area contributed by atoms with Gasteiger partial charge in [0.15, 0.2) is 0 Å². The molecule has 5 heteroatoms. The van der Waals surface area contributed by atoms with Crippen molar-refractivity contribution in [3.63, 3.8) is 0 Å². The molecule has 0 unspecified atom stereocenters. The Morgan fingerprint density at radius 1 is 1.23 bits per heavy atom. The Bertz CT molecular complexity index is 242. The first kappa shape index (κ1) is 9.43. The summed E-state index contributed by atoms with van der Waals surface area (Å²) in [7, 11) is -2.97. The molecule has 0 aliphatic carbocycles. The van der Waals surface area contributed by atoms with Gasteiger partial charge in [0.05, 0.1) is 5.25 Å². The van der Waals surface area contributed by atoms with E-state index in [1.54, 1.807) is 4.31 Å². The number of nitrogens with zero attached hydrogens (tertiary/aromatic N) is 1. The maximum absolute atomic E-state index is 11.9. The third-order valence-corrected chi connectivity index (χ3v) is 5.19. The summed E-state index contributed by atoms with van der Waals surface area (Å²) in [6.45, 7) is 2.95. The lowest BCUT2D eigenvalue weighted by molar-refractivity contribution is 0.467. The average molecular weight is 204 g/mol. The lowest BCUT2D eigenvalue weighted by atomic mass is 10.4. The van der Waals surface area contributed by atoms with Crippen molar-refractivity contribution >= 4 is 10.0 Å². The summed E-state index contributed by atoms with van der Waals surface area (Å²) in [5, 5.41) is 2.93. The number of hydrogen-bond donors (Lipinski definition) is 1. The van der Waals surface area contributed by atoms with Crippen molar-refractivity contribution in [1.82, 2.24) is 9.62 Å². The van der Waals surface area contributed by atoms with Gasteiger partial charge in [-0.3, -0.25) is 0 Å². The van der Waals surface area contributed by atoms with Crippen LogP contribution in [0.1, 0.15) is 19.3 Å². The highest BCUT2D eigenvalue weighted by atomic mass is 32.2. The van der Waals surface area contributed by atoms with Gasteiger partial charge in [0.1, 0.15) is 0 Å². The molecule has 13 heavy (non-hydrogen) atoms. The molecule has 4 nitrogen and oxygen atoms in total. The Balaban J connectivity index is 2.09. The standard InChI is InChI=1S/C8H16N2O2S/c11-13(12,8-3-4-9-7-8)10-5-1-2-6-10/h8-9H,1-7H2/t8-/m1/s1. The fourth-order valence-corrected chi connectivity index (χ4v) is 3.97. The van der Waals surface area contributed by atoms with Crippen molar-refractivity contribution in [3.05, 3.63) is 0 Å². The normalized spacial score (nSPS) is 31.2. The molecule has 0 radical (unpaired) electrons. The van der Waals surface area contributed by atoms with E-state index in [1.807, 2.05) is 0 Å². The summed E-state index contributed by atoms with van der Waals surface area (Å²) in [5.41, 5.74) is 0. The summed E-state index contributed by atoms with van der Waals surface area (Å²) >= 11 is 0. The molecule has 1 atom stereocenters. The van der Waals surface area contributed by atoms with Crippen LogP contribution < -0.4 is 5.32 Å². The molecule has 2 saturated heterocycles. The average Bonchev–Trinajstić information content (AvgIpc) is 2.78. The Morgan fingerprint density at radius 3 is 2.46 bits per heavy atom. The van der Waals surface area contributed by atoms with E-state index in [0.29, 0.717) is 6.54 Å². The van der Waals surface area contributed by atoms with Crippen molar-refractivity contribution in [2.45, 2.75) is 24.5 Å². The van der Waals surface area contributed by atoms with Crippen LogP contribution >= 0.6 is 0 Å². The molecule has 0 aromatic carbocycles. The largest absolute Gasteiger partial charge is 0.315 e. The maximum atomic E-state index is 11.9. The molecule has 0 saturated carbocycles. The third-order valence-electron chi connectivity index (χ3n) is 2.86. The first-order valence-corrected chi connectivity index (χ1v) is 6.41. The Kier molecular flexibility index (Phi) is 2.58. The van der Waals surface area contributed by atoms with Crippen molar-refractivity contribution in [3.8, 4) is 0 Å². The second-order valence-corrected chi connectivity index (χ2v) is 5.98. The van der Waals surface area contributed by atoms with Gasteiger partial charge in [-0.15, -0.1) is 0 Å². The smallest absolute Gasteiger partial charge is 0.218 e. The number of rotatable bonds is 2. The van der Waals surface area contributed by atoms with E-state index in [9.17, 15) is 8.42 Å². The zero-order chi connectivity index (χ0) is 9.31. The Labute approximate surface area is 79.4 Å². The van der Waals surface area contributed by atoms with Crippen LogP contribution in [-0.2, 0) is 10.0 Å². The molecule has 0 aromatic rings. The Hall–Kier alpha value is -0.130. The van der Waals surface area contributed by atoms with Gasteiger partial charge in [-0.2, -0.15) is 0 Å². The molecule has 2 aliphatic rings. The van der Waals surface area contributed by atoms with E-state index in [1.165, 1.54) is 0 Å². The zero-order valence-corrected chi connectivity index (χ0v) is 8.52. The van der Waals surface area contributed by atoms with E-state index >= 15 is 0 Å². The fraction of sp³-hybridized carbons (Fsp3) is 1.00. The maximum Gasteiger partial charge on any atom is 0.218 e. The highest BCUT2D eigenvalue weighted by Gasteiger charge is 2.35. The molecule has 2 fully saturated rings. The number of nitrogens with one attached hydrogen (secondary N) is 1. The van der Waals surface area contributed by atoms with E-state index < -0.39 is 10.0 Å². The minimum Gasteiger partial charge on any atom is -0.315 e. The highest BCUT2D eigenvalue weighted by molar-refractivity contribution is 7.89. The number of sulfonamides is 1. The lowest BCUT2D eigenvalue weighted by Crippen LogP contribution is -2.37. The van der Waals surface area contributed by atoms with Gasteiger partial charge in [0, 0.05) is 19.6 Å². The Morgan fingerprint density at radius 2 is 1.92 bits per heavy atom. The molecule has 76 valence electrons. The molecule has 1 N–H and O–H groups in total. The quantitative estimate of drug-likeness (QED) is 0.676. The van der Waals surface area contributed by atoms with Crippen LogP contribution in [0.15, 0.2) is 0 Å². The predicted molar refractivity (Wildman–Crippen MR) is 51.0 cm³/mol. The summed E-state index contributed by atoms with van der Waals surface area (Å²) in [4.78, 5) is 0. The van der Waals surface area contributed by atoms with Gasteiger partial charge in [-0.05, 0) is 25.8 Å². The van der Waals surface area contributed by atoms with Crippen molar-refractivity contribution < 1.29 is 8.42 Å². The van der Waals surface area contributed by atoms with E-state index in [-0.39, 0.29) is 5.25 Å². The van der Waals surface area contributed by atoms with Gasteiger partial charge in [-0.1, -0.05) is 0 Å². The molecule has 0 bridgehead atoms. The third kappa shape index (κ3) is 1.73. The van der Waals surface area contributed by atoms with Gasteiger partial charge >= 0.3 is 0 Å². The first-order chi connectivity index (χ1) is 6.21. The highest BCUT2D eigenvalue weighted by Crippen LogP contribution is 2.19. The van der Waals surface area contributed by atoms with Crippen molar-refractivity contribution in [2.75, 3.05) is 26.2 Å². The first-order valence-electron chi connectivity index (χ1n) is 4.91. The molecule has 2 rings (SSSR count). The lowest BCUT2D eigenvalue weighted by Gasteiger charge is -2.19. The molecular formula is C8H16N2O2S. The van der Waals surface area contributed by atoms with Crippen LogP contribution in [0.25, 0.3) is 0 Å². The second kappa shape index (κ2) is 3.55. The molecule has 0 amide bonds. The summed E-state index contributed by atoms with van der Waals surface area (Å²) in [5.74, 6) is 0. The SMILES string of the molecule is O=S(=O)([C@@H]1CCNC1)N1CCCC1. The minimum absolute atomic E-state index is 0.161. The van der Waals surface area contributed by atoms with E-state index in [4.69, 9.17) is 0 Å². The summed E-state index contributed by atoms with van der Waals surface area (Å²) < 4.78 is 25.5. The van der Waals surface area contributed by atoms with Crippen LogP contribution in [0.2, 0.25) is 0 Å². The van der Waals surface area contributed by atoms with E-state index in [0.717, 1.165) is 38.9 Å². The molecule has 0 spiro atoms. The monoisotopic (exact) mass is 204 g/mol. The summed E-state index contributed by atoms with van der Waals surface area (Å²) in [6, 6.07) is 0. The van der Waals surface area contributed by atoms with Gasteiger partial charge < -0.3 is 5.32 Å². The fourth-order valence-electron chi connectivity index (χ4n) is 2.04. The van der Waals surface area contributed by atoms with Gasteiger partial charge in [-0.25, -0.2) is 12.7 Å². The zero-order valence-electron chi connectivity index (χ0n) is 7.70. The van der Waals surface area contributed by atoms with Crippen molar-refractivity contribution in [2.24, 2.45) is 0 Å². The molecule has 2 heterocycles. The minimum atomic E-state index is -2.97. The molecule has 0 aromatic heterocycles. The summed E-state index contributed by atoms with van der Waals surface area (Å²) in [6.07, 6.45) is 2.83. The number of hydrogen-bond acceptors (Lipinski definition) is 3. The van der Waals surface area contributed by atoms with Crippen molar-refractivity contribution in [1.29, 1.82) is 0 Å². The molecule has 2 aliphatic heterocycles. The van der Waals surface area contributed by atoms with Crippen LogP contribution in [0.4, 0.5) is 0 Å². The van der Waals surface area contributed by atoms with Crippen LogP contribution in [0, 0.1) is 0 Å². The topological polar surface area (TPSA) is 49.4 Å². The molecular weight excluding hydrogens is 188 g/mol. The van der Waals surface area contributed by atoms with E-state index in [2.05, 4.69) is 5.32 Å². The van der Waals surface area contributed by atoms with Crippen LogP contribution in [0.5, 0.6) is 0 Å². The van der Waals surface area contributed by atoms with Gasteiger partial charge in [0.2, 0.25) is 10.0 Å². The second-order valence-electron chi connectivity index (χ2n) is 3.77.